The summed E-state index contributed by atoms with van der Waals surface area (Å²) in [7, 11) is -6.37. The Bertz CT molecular complexity index is 451. The van der Waals surface area contributed by atoms with E-state index in [2.05, 4.69) is 12.1 Å². The zero-order chi connectivity index (χ0) is 19.3. The molecule has 1 aromatic rings. The molecule has 0 aliphatic heterocycles. The van der Waals surface area contributed by atoms with Crippen LogP contribution in [0, 0.1) is 0 Å². The molecule has 0 amide bonds. The lowest BCUT2D eigenvalue weighted by molar-refractivity contribution is -0.0223. The smallest absolute Gasteiger partial charge is 0.374 e. The second kappa shape index (κ2) is 12.7. The van der Waals surface area contributed by atoms with E-state index in [4.69, 9.17) is 26.2 Å². The first-order valence-corrected chi connectivity index (χ1v) is 13.1. The summed E-state index contributed by atoms with van der Waals surface area (Å²) >= 11 is 0. The average molecular weight is 403 g/mol. The summed E-state index contributed by atoms with van der Waals surface area (Å²) in [5.74, 6) is 0. The van der Waals surface area contributed by atoms with E-state index in [1.54, 1.807) is 0 Å². The van der Waals surface area contributed by atoms with Crippen molar-refractivity contribution in [2.75, 3.05) is 33.0 Å². The van der Waals surface area contributed by atoms with Gasteiger partial charge in [0.2, 0.25) is 0 Å². The zero-order valence-electron chi connectivity index (χ0n) is 16.8. The van der Waals surface area contributed by atoms with Crippen molar-refractivity contribution in [3.05, 3.63) is 35.9 Å². The molecule has 0 heterocycles. The second-order valence-electron chi connectivity index (χ2n) is 5.44. The monoisotopic (exact) mass is 402 g/mol. The predicted octanol–water partition coefficient (Wildman–Crippen LogP) is 3.80. The molecule has 0 unspecified atom stereocenters. The van der Waals surface area contributed by atoms with Gasteiger partial charge in [-0.15, -0.1) is 0 Å². The Hall–Kier alpha value is -0.586. The van der Waals surface area contributed by atoms with Gasteiger partial charge in [0.25, 0.3) is 0 Å². The lowest BCUT2D eigenvalue weighted by atomic mass is 10.2. The minimum absolute atomic E-state index is 0.438. The van der Waals surface area contributed by atoms with Crippen LogP contribution in [-0.4, -0.2) is 50.9 Å². The standard InChI is InChI=1S/C18H34O6Si2/c1-6-19-25(20-7-2,17-16-18-14-12-11-13-15-18)24-26(21-8-3,22-9-4)23-10-5/h11-15H,6-10,16-17H2,1-5H3. The molecule has 0 atom stereocenters. The highest BCUT2D eigenvalue weighted by Crippen LogP contribution is 2.26. The first-order chi connectivity index (χ1) is 12.6. The van der Waals surface area contributed by atoms with Gasteiger partial charge < -0.3 is 26.2 Å². The number of benzene rings is 1. The number of rotatable bonds is 15. The van der Waals surface area contributed by atoms with Gasteiger partial charge in [-0.2, -0.15) is 0 Å². The van der Waals surface area contributed by atoms with Gasteiger partial charge in [-0.05, 0) is 46.6 Å². The fraction of sp³-hybridized carbons (Fsp3) is 0.667. The fourth-order valence-electron chi connectivity index (χ4n) is 2.61. The third kappa shape index (κ3) is 7.57. The molecule has 0 radical (unpaired) electrons. The van der Waals surface area contributed by atoms with E-state index in [0.29, 0.717) is 39.1 Å². The molecule has 0 aromatic heterocycles. The van der Waals surface area contributed by atoms with Crippen molar-refractivity contribution < 1.29 is 26.2 Å². The SMILES string of the molecule is CCO[Si](CCc1ccccc1)(OCC)O[Si](OCC)(OCC)OCC. The highest BCUT2D eigenvalue weighted by molar-refractivity contribution is 6.72. The highest BCUT2D eigenvalue weighted by atomic mass is 28.5. The van der Waals surface area contributed by atoms with Crippen LogP contribution in [0.1, 0.15) is 40.2 Å². The summed E-state index contributed by atoms with van der Waals surface area (Å²) < 4.78 is 36.1. The molecule has 150 valence electrons. The van der Waals surface area contributed by atoms with Crippen molar-refractivity contribution in [3.8, 4) is 0 Å². The van der Waals surface area contributed by atoms with Crippen LogP contribution >= 0.6 is 0 Å². The van der Waals surface area contributed by atoms with Crippen molar-refractivity contribution in [1.82, 2.24) is 0 Å². The molecular weight excluding hydrogens is 368 g/mol. The largest absolute Gasteiger partial charge is 0.672 e. The van der Waals surface area contributed by atoms with E-state index in [-0.39, 0.29) is 0 Å². The average Bonchev–Trinajstić information content (AvgIpc) is 2.62. The van der Waals surface area contributed by atoms with Gasteiger partial charge in [-0.1, -0.05) is 30.3 Å². The van der Waals surface area contributed by atoms with Crippen LogP contribution in [0.2, 0.25) is 6.04 Å². The van der Waals surface area contributed by atoms with Crippen molar-refractivity contribution in [3.63, 3.8) is 0 Å². The highest BCUT2D eigenvalue weighted by Gasteiger charge is 2.56. The first kappa shape index (κ1) is 23.5. The molecule has 8 heteroatoms. The number of hydrogen-bond acceptors (Lipinski definition) is 6. The second-order valence-corrected chi connectivity index (χ2v) is 10.6. The third-order valence-electron chi connectivity index (χ3n) is 3.54. The zero-order valence-corrected chi connectivity index (χ0v) is 18.8. The Kier molecular flexibility index (Phi) is 11.5. The van der Waals surface area contributed by atoms with Gasteiger partial charge >= 0.3 is 17.9 Å². The molecule has 0 bridgehead atoms. The van der Waals surface area contributed by atoms with E-state index in [1.165, 1.54) is 5.56 Å². The summed E-state index contributed by atoms with van der Waals surface area (Å²) in [6, 6.07) is 10.9. The van der Waals surface area contributed by atoms with Crippen LogP contribution in [0.25, 0.3) is 0 Å². The number of hydrogen-bond donors (Lipinski definition) is 0. The van der Waals surface area contributed by atoms with E-state index < -0.39 is 17.9 Å². The molecular formula is C18H34O6Si2. The molecule has 0 aliphatic rings. The lowest BCUT2D eigenvalue weighted by Crippen LogP contribution is -2.60. The van der Waals surface area contributed by atoms with Crippen molar-refractivity contribution in [1.29, 1.82) is 0 Å². The van der Waals surface area contributed by atoms with Crippen LogP contribution in [-0.2, 0) is 32.7 Å². The summed E-state index contributed by atoms with van der Waals surface area (Å²) in [5.41, 5.74) is 1.21. The molecule has 6 nitrogen and oxygen atoms in total. The third-order valence-corrected chi connectivity index (χ3v) is 10.0. The predicted molar refractivity (Wildman–Crippen MR) is 106 cm³/mol. The van der Waals surface area contributed by atoms with Gasteiger partial charge in [0.15, 0.2) is 0 Å². The van der Waals surface area contributed by atoms with Crippen LogP contribution in [0.5, 0.6) is 0 Å². The Balaban J connectivity index is 3.06. The van der Waals surface area contributed by atoms with E-state index in [1.807, 2.05) is 52.8 Å². The molecule has 0 fully saturated rings. The Labute approximate surface area is 160 Å². The maximum Gasteiger partial charge on any atom is 0.672 e. The van der Waals surface area contributed by atoms with Crippen LogP contribution in [0.15, 0.2) is 30.3 Å². The maximum absolute atomic E-state index is 6.42. The first-order valence-electron chi connectivity index (χ1n) is 9.53. The minimum atomic E-state index is -3.33. The molecule has 26 heavy (non-hydrogen) atoms. The minimum Gasteiger partial charge on any atom is -0.374 e. The summed E-state index contributed by atoms with van der Waals surface area (Å²) in [6.45, 7) is 11.9. The van der Waals surface area contributed by atoms with Crippen LogP contribution < -0.4 is 0 Å². The quantitative estimate of drug-likeness (QED) is 0.416. The van der Waals surface area contributed by atoms with Crippen molar-refractivity contribution >= 4 is 17.9 Å². The van der Waals surface area contributed by atoms with E-state index in [9.17, 15) is 0 Å². The van der Waals surface area contributed by atoms with Gasteiger partial charge in [0, 0.05) is 39.1 Å². The van der Waals surface area contributed by atoms with Crippen molar-refractivity contribution in [2.45, 2.75) is 47.1 Å². The maximum atomic E-state index is 6.42. The van der Waals surface area contributed by atoms with E-state index >= 15 is 0 Å². The lowest BCUT2D eigenvalue weighted by Gasteiger charge is -2.36. The molecule has 1 aromatic carbocycles. The normalized spacial score (nSPS) is 12.5. The van der Waals surface area contributed by atoms with Gasteiger partial charge in [0.05, 0.1) is 0 Å². The molecule has 0 saturated carbocycles. The molecule has 0 saturated heterocycles. The van der Waals surface area contributed by atoms with Gasteiger partial charge in [-0.3, -0.25) is 0 Å². The summed E-state index contributed by atoms with van der Waals surface area (Å²) in [4.78, 5) is 0. The van der Waals surface area contributed by atoms with Crippen LogP contribution in [0.4, 0.5) is 0 Å². The molecule has 0 N–H and O–H groups in total. The Morgan fingerprint density at radius 1 is 0.654 bits per heavy atom. The van der Waals surface area contributed by atoms with Gasteiger partial charge in [-0.25, -0.2) is 0 Å². The topological polar surface area (TPSA) is 55.4 Å². The number of aryl methyl sites for hydroxylation is 1. The molecule has 0 spiro atoms. The fourth-order valence-corrected chi connectivity index (χ4v) is 8.88. The van der Waals surface area contributed by atoms with Crippen molar-refractivity contribution in [2.24, 2.45) is 0 Å². The summed E-state index contributed by atoms with van der Waals surface area (Å²) in [5, 5.41) is 0. The van der Waals surface area contributed by atoms with Gasteiger partial charge in [0.1, 0.15) is 0 Å². The molecule has 0 aliphatic carbocycles. The Morgan fingerprint density at radius 3 is 1.54 bits per heavy atom. The summed E-state index contributed by atoms with van der Waals surface area (Å²) in [6.07, 6.45) is 0.794. The van der Waals surface area contributed by atoms with E-state index in [0.717, 1.165) is 6.42 Å². The molecule has 1 rings (SSSR count). The van der Waals surface area contributed by atoms with Crippen LogP contribution in [0.3, 0.4) is 0 Å². The Morgan fingerprint density at radius 2 is 1.12 bits per heavy atom.